The first-order valence-corrected chi connectivity index (χ1v) is 7.66. The zero-order valence-electron chi connectivity index (χ0n) is 11.9. The van der Waals surface area contributed by atoms with Crippen molar-refractivity contribution < 1.29 is 9.47 Å². The summed E-state index contributed by atoms with van der Waals surface area (Å²) in [4.78, 5) is 0. The van der Waals surface area contributed by atoms with Crippen LogP contribution in [0.15, 0.2) is 10.5 Å². The number of halogens is 1. The molecule has 0 bridgehead atoms. The largest absolute Gasteiger partial charge is 0.493 e. The second kappa shape index (κ2) is 6.62. The first-order chi connectivity index (χ1) is 9.22. The smallest absolute Gasteiger partial charge is 0.175 e. The maximum absolute atomic E-state index is 5.48. The molecular weight excluding hydrogens is 306 g/mol. The summed E-state index contributed by atoms with van der Waals surface area (Å²) in [7, 11) is 3.38. The Morgan fingerprint density at radius 3 is 2.47 bits per heavy atom. The molecule has 106 valence electrons. The number of hydrogen-bond acceptors (Lipinski definition) is 3. The van der Waals surface area contributed by atoms with E-state index in [1.807, 2.05) is 0 Å². The van der Waals surface area contributed by atoms with Gasteiger partial charge in [-0.1, -0.05) is 6.92 Å². The molecule has 0 spiro atoms. The Kier molecular flexibility index (Phi) is 5.11. The number of piperidine rings is 1. The summed E-state index contributed by atoms with van der Waals surface area (Å²) < 4.78 is 12.0. The van der Waals surface area contributed by atoms with E-state index in [2.05, 4.69) is 34.2 Å². The van der Waals surface area contributed by atoms with Crippen LogP contribution in [0.4, 0.5) is 0 Å². The Labute approximate surface area is 123 Å². The van der Waals surface area contributed by atoms with E-state index in [-0.39, 0.29) is 0 Å². The number of nitrogens with one attached hydrogen (secondary N) is 1. The molecule has 0 saturated carbocycles. The normalized spacial score (nSPS) is 16.4. The predicted octanol–water partition coefficient (Wildman–Crippen LogP) is 3.50. The molecule has 1 N–H and O–H groups in total. The average Bonchev–Trinajstić information content (AvgIpc) is 2.47. The van der Waals surface area contributed by atoms with Crippen molar-refractivity contribution in [2.24, 2.45) is 0 Å². The molecule has 1 saturated heterocycles. The number of methoxy groups -OCH3 is 2. The fourth-order valence-corrected chi connectivity index (χ4v) is 3.73. The lowest BCUT2D eigenvalue weighted by Crippen LogP contribution is -2.27. The molecule has 1 heterocycles. The molecule has 0 unspecified atom stereocenters. The van der Waals surface area contributed by atoms with Gasteiger partial charge in [0.25, 0.3) is 0 Å². The number of ether oxygens (including phenoxy) is 2. The highest BCUT2D eigenvalue weighted by atomic mass is 79.9. The fourth-order valence-electron chi connectivity index (χ4n) is 2.86. The van der Waals surface area contributed by atoms with E-state index in [9.17, 15) is 0 Å². The van der Waals surface area contributed by atoms with Gasteiger partial charge >= 0.3 is 0 Å². The lowest BCUT2D eigenvalue weighted by molar-refractivity contribution is 0.351. The van der Waals surface area contributed by atoms with Crippen molar-refractivity contribution in [2.45, 2.75) is 32.1 Å². The number of rotatable bonds is 4. The lowest BCUT2D eigenvalue weighted by Gasteiger charge is -2.27. The molecule has 1 aromatic rings. The molecular formula is C15H22BrNO2. The highest BCUT2D eigenvalue weighted by Gasteiger charge is 2.23. The zero-order chi connectivity index (χ0) is 13.8. The Hall–Kier alpha value is -0.740. The summed E-state index contributed by atoms with van der Waals surface area (Å²) in [5.41, 5.74) is 2.76. The first kappa shape index (κ1) is 14.7. The molecule has 0 aromatic heterocycles. The SMILES string of the molecule is CCc1c(C2CCNCC2)cc(OC)c(OC)c1Br. The van der Waals surface area contributed by atoms with Crippen LogP contribution in [0.1, 0.15) is 36.8 Å². The van der Waals surface area contributed by atoms with E-state index >= 15 is 0 Å². The standard InChI is InChI=1S/C15H22BrNO2/c1-4-11-12(10-5-7-17-8-6-10)9-13(18-2)15(19-3)14(11)16/h9-10,17H,4-8H2,1-3H3. The summed E-state index contributed by atoms with van der Waals surface area (Å²) >= 11 is 3.69. The van der Waals surface area contributed by atoms with Gasteiger partial charge in [-0.25, -0.2) is 0 Å². The van der Waals surface area contributed by atoms with Crippen molar-refractivity contribution in [2.75, 3.05) is 27.3 Å². The van der Waals surface area contributed by atoms with Crippen LogP contribution >= 0.6 is 15.9 Å². The molecule has 1 aliphatic rings. The van der Waals surface area contributed by atoms with Gasteiger partial charge in [-0.15, -0.1) is 0 Å². The third kappa shape index (κ3) is 2.90. The van der Waals surface area contributed by atoms with Gasteiger partial charge < -0.3 is 14.8 Å². The molecule has 2 rings (SSSR count). The van der Waals surface area contributed by atoms with Crippen LogP contribution < -0.4 is 14.8 Å². The maximum Gasteiger partial charge on any atom is 0.175 e. The third-order valence-electron chi connectivity index (χ3n) is 3.88. The predicted molar refractivity (Wildman–Crippen MR) is 81.5 cm³/mol. The zero-order valence-corrected chi connectivity index (χ0v) is 13.5. The highest BCUT2D eigenvalue weighted by Crippen LogP contribution is 2.43. The molecule has 4 heteroatoms. The van der Waals surface area contributed by atoms with E-state index in [0.29, 0.717) is 5.92 Å². The first-order valence-electron chi connectivity index (χ1n) is 6.86. The van der Waals surface area contributed by atoms with Gasteiger partial charge in [0.2, 0.25) is 0 Å². The van der Waals surface area contributed by atoms with Crippen LogP contribution in [0.3, 0.4) is 0 Å². The van der Waals surface area contributed by atoms with Gasteiger partial charge in [0.15, 0.2) is 11.5 Å². The molecule has 0 aliphatic carbocycles. The number of benzene rings is 1. The van der Waals surface area contributed by atoms with Gasteiger partial charge in [-0.3, -0.25) is 0 Å². The minimum Gasteiger partial charge on any atom is -0.493 e. The van der Waals surface area contributed by atoms with Crippen molar-refractivity contribution in [1.82, 2.24) is 5.32 Å². The summed E-state index contributed by atoms with van der Waals surface area (Å²) in [6, 6.07) is 2.17. The molecule has 0 atom stereocenters. The molecule has 0 radical (unpaired) electrons. The van der Waals surface area contributed by atoms with Crippen molar-refractivity contribution in [3.63, 3.8) is 0 Å². The Bertz CT molecular complexity index is 442. The Morgan fingerprint density at radius 2 is 1.95 bits per heavy atom. The van der Waals surface area contributed by atoms with Crippen molar-refractivity contribution >= 4 is 15.9 Å². The Balaban J connectivity index is 2.49. The molecule has 3 nitrogen and oxygen atoms in total. The molecule has 19 heavy (non-hydrogen) atoms. The molecule has 0 amide bonds. The highest BCUT2D eigenvalue weighted by molar-refractivity contribution is 9.10. The van der Waals surface area contributed by atoms with E-state index < -0.39 is 0 Å². The summed E-state index contributed by atoms with van der Waals surface area (Å²) in [6.45, 7) is 4.39. The monoisotopic (exact) mass is 327 g/mol. The van der Waals surface area contributed by atoms with Crippen LogP contribution in [-0.4, -0.2) is 27.3 Å². The van der Waals surface area contributed by atoms with Gasteiger partial charge in [-0.05, 0) is 71.4 Å². The van der Waals surface area contributed by atoms with Crippen LogP contribution in [-0.2, 0) is 6.42 Å². The van der Waals surface area contributed by atoms with Gasteiger partial charge in [0.1, 0.15) is 0 Å². The van der Waals surface area contributed by atoms with Gasteiger partial charge in [-0.2, -0.15) is 0 Å². The average molecular weight is 328 g/mol. The van der Waals surface area contributed by atoms with Crippen LogP contribution in [0.25, 0.3) is 0 Å². The van der Waals surface area contributed by atoms with Crippen LogP contribution in [0.2, 0.25) is 0 Å². The van der Waals surface area contributed by atoms with Crippen molar-refractivity contribution in [1.29, 1.82) is 0 Å². The summed E-state index contributed by atoms with van der Waals surface area (Å²) in [5.74, 6) is 2.24. The molecule has 1 aliphatic heterocycles. The maximum atomic E-state index is 5.48. The van der Waals surface area contributed by atoms with Gasteiger partial charge in [0.05, 0.1) is 18.7 Å². The third-order valence-corrected chi connectivity index (χ3v) is 4.72. The van der Waals surface area contributed by atoms with Crippen LogP contribution in [0.5, 0.6) is 11.5 Å². The minimum atomic E-state index is 0.618. The Morgan fingerprint density at radius 1 is 1.26 bits per heavy atom. The molecule has 1 aromatic carbocycles. The van der Waals surface area contributed by atoms with E-state index in [4.69, 9.17) is 9.47 Å². The fraction of sp³-hybridized carbons (Fsp3) is 0.600. The van der Waals surface area contributed by atoms with E-state index in [0.717, 1.165) is 35.5 Å². The lowest BCUT2D eigenvalue weighted by atomic mass is 9.86. The topological polar surface area (TPSA) is 30.5 Å². The van der Waals surface area contributed by atoms with Crippen molar-refractivity contribution in [3.05, 3.63) is 21.7 Å². The van der Waals surface area contributed by atoms with Gasteiger partial charge in [0, 0.05) is 0 Å². The summed E-state index contributed by atoms with van der Waals surface area (Å²) in [5, 5.41) is 3.42. The van der Waals surface area contributed by atoms with Crippen molar-refractivity contribution in [3.8, 4) is 11.5 Å². The quantitative estimate of drug-likeness (QED) is 0.918. The van der Waals surface area contributed by atoms with E-state index in [1.165, 1.54) is 24.0 Å². The summed E-state index contributed by atoms with van der Waals surface area (Å²) in [6.07, 6.45) is 3.38. The second-order valence-corrected chi connectivity index (χ2v) is 5.66. The number of hydrogen-bond donors (Lipinski definition) is 1. The van der Waals surface area contributed by atoms with Crippen LogP contribution in [0, 0.1) is 0 Å². The van der Waals surface area contributed by atoms with E-state index in [1.54, 1.807) is 14.2 Å². The second-order valence-electron chi connectivity index (χ2n) is 4.87. The minimum absolute atomic E-state index is 0.618. The molecule has 1 fully saturated rings.